The van der Waals surface area contributed by atoms with Gasteiger partial charge >= 0.3 is 7.40 Å². The molecule has 0 spiro atoms. The predicted octanol–water partition coefficient (Wildman–Crippen LogP) is 6.34. The summed E-state index contributed by atoms with van der Waals surface area (Å²) in [5.74, 6) is 0. The molecule has 48 heavy (non-hydrogen) atoms. The lowest BCUT2D eigenvalue weighted by molar-refractivity contribution is 0.115. The number of aliphatic imine (C=N–C) groups is 1. The molecule has 0 aliphatic carbocycles. The van der Waals surface area contributed by atoms with Crippen molar-refractivity contribution in [3.05, 3.63) is 112 Å². The van der Waals surface area contributed by atoms with Gasteiger partial charge in [0.25, 0.3) is 0 Å². The minimum absolute atomic E-state index is 0.235. The molecule has 2 aromatic heterocycles. The Morgan fingerprint density at radius 1 is 0.896 bits per heavy atom. The van der Waals surface area contributed by atoms with Gasteiger partial charge in [-0.15, -0.1) is 5.10 Å². The van der Waals surface area contributed by atoms with Crippen LogP contribution in [-0.4, -0.2) is 61.6 Å². The Morgan fingerprint density at radius 2 is 1.56 bits per heavy atom. The standard InChI is InChI=1S/C37H45BF2N6O2/c1-25-20-27(3)42-35(25)34(36-26(2)21-28(4)46(36)38(39)40)32-15-13-31(14-16-32)33-22-45(44-43-33)19-7-5-6-8-29-9-11-30(12-10-29)17-18-37(41,23-47)24-48/h9-16,20-22,47-48H,5-8,17-19,23-24,41H2,1-4H3/b35-34-. The molecule has 252 valence electrons. The summed E-state index contributed by atoms with van der Waals surface area (Å²) < 4.78 is 31.5. The average Bonchev–Trinajstić information content (AvgIpc) is 3.77. The zero-order valence-electron chi connectivity index (χ0n) is 28.3. The van der Waals surface area contributed by atoms with Crippen LogP contribution in [0.1, 0.15) is 73.2 Å². The molecule has 4 N–H and O–H groups in total. The van der Waals surface area contributed by atoms with Crippen molar-refractivity contribution in [1.29, 1.82) is 0 Å². The number of nitrogens with two attached hydrogens (primary N) is 1. The van der Waals surface area contributed by atoms with E-state index in [1.807, 2.05) is 62.0 Å². The van der Waals surface area contributed by atoms with E-state index in [-0.39, 0.29) is 13.2 Å². The highest BCUT2D eigenvalue weighted by Gasteiger charge is 2.29. The third kappa shape index (κ3) is 8.09. The quantitative estimate of drug-likeness (QED) is 0.102. The molecule has 0 saturated carbocycles. The van der Waals surface area contributed by atoms with E-state index in [1.165, 1.54) is 5.56 Å². The van der Waals surface area contributed by atoms with Crippen LogP contribution in [0.25, 0.3) is 16.8 Å². The molecule has 1 aliphatic rings. The number of unbranched alkanes of at least 4 members (excludes halogenated alkanes) is 2. The second-order valence-corrected chi connectivity index (χ2v) is 13.0. The molecule has 0 radical (unpaired) electrons. The van der Waals surface area contributed by atoms with Crippen molar-refractivity contribution in [3.63, 3.8) is 0 Å². The Bertz CT molecular complexity index is 1800. The lowest BCUT2D eigenvalue weighted by atomic mass is 9.93. The van der Waals surface area contributed by atoms with Crippen LogP contribution < -0.4 is 5.73 Å². The van der Waals surface area contributed by atoms with E-state index >= 15 is 0 Å². The first-order valence-electron chi connectivity index (χ1n) is 16.6. The van der Waals surface area contributed by atoms with Crippen LogP contribution in [0.2, 0.25) is 0 Å². The molecule has 0 unspecified atom stereocenters. The van der Waals surface area contributed by atoms with Gasteiger partial charge < -0.3 is 20.4 Å². The summed E-state index contributed by atoms with van der Waals surface area (Å²) in [6.07, 6.45) is 9.25. The molecule has 0 bridgehead atoms. The van der Waals surface area contributed by atoms with Gasteiger partial charge in [0.05, 0.1) is 30.6 Å². The van der Waals surface area contributed by atoms with Crippen molar-refractivity contribution in [2.24, 2.45) is 10.7 Å². The second kappa shape index (κ2) is 15.4. The summed E-state index contributed by atoms with van der Waals surface area (Å²) in [7, 11) is -2.67. The summed E-state index contributed by atoms with van der Waals surface area (Å²) in [5, 5.41) is 27.5. The lowest BCUT2D eigenvalue weighted by Gasteiger charge is -2.24. The SMILES string of the molecule is CC1=CC(C)=N/C1=C(/c1ccc(-c2cn(CCCCCc3ccc(CCC(N)(CO)CO)cc3)nn2)cc1)c1c(C)cc(C)n1B(F)F. The predicted molar refractivity (Wildman–Crippen MR) is 189 cm³/mol. The van der Waals surface area contributed by atoms with E-state index < -0.39 is 12.9 Å². The van der Waals surface area contributed by atoms with E-state index in [0.29, 0.717) is 35.5 Å². The van der Waals surface area contributed by atoms with Crippen molar-refractivity contribution in [2.45, 2.75) is 78.3 Å². The fourth-order valence-electron chi connectivity index (χ4n) is 6.31. The van der Waals surface area contributed by atoms with Gasteiger partial charge in [-0.3, -0.25) is 18.3 Å². The smallest absolute Gasteiger partial charge is 0.394 e. The molecule has 0 amide bonds. The monoisotopic (exact) mass is 654 g/mol. The Hall–Kier alpha value is -4.19. The van der Waals surface area contributed by atoms with Crippen LogP contribution in [0.4, 0.5) is 8.63 Å². The number of hydrogen-bond donors (Lipinski definition) is 3. The summed E-state index contributed by atoms with van der Waals surface area (Å²) >= 11 is 0. The molecule has 5 rings (SSSR count). The minimum Gasteiger partial charge on any atom is -0.394 e. The number of hydrogen-bond acceptors (Lipinski definition) is 6. The van der Waals surface area contributed by atoms with Crippen LogP contribution in [-0.2, 0) is 19.4 Å². The number of benzene rings is 2. The molecule has 11 heteroatoms. The first-order valence-corrected chi connectivity index (χ1v) is 16.6. The number of rotatable bonds is 15. The number of halogens is 2. The summed E-state index contributed by atoms with van der Waals surface area (Å²) in [4.78, 5) is 4.74. The fraction of sp³-hybridized carbons (Fsp3) is 0.378. The molecule has 3 heterocycles. The largest absolute Gasteiger partial charge is 0.677 e. The Morgan fingerprint density at radius 3 is 2.17 bits per heavy atom. The molecule has 0 fully saturated rings. The van der Waals surface area contributed by atoms with Crippen molar-refractivity contribution in [1.82, 2.24) is 19.5 Å². The Balaban J connectivity index is 1.19. The summed E-state index contributed by atoms with van der Waals surface area (Å²) in [5.41, 5.74) is 14.9. The highest BCUT2D eigenvalue weighted by atomic mass is 19.2. The minimum atomic E-state index is -2.67. The number of aryl methyl sites for hydroxylation is 5. The zero-order chi connectivity index (χ0) is 34.4. The van der Waals surface area contributed by atoms with Crippen molar-refractivity contribution >= 4 is 18.7 Å². The van der Waals surface area contributed by atoms with Gasteiger partial charge in [0, 0.05) is 34.8 Å². The second-order valence-electron chi connectivity index (χ2n) is 13.0. The number of aliphatic hydroxyl groups is 2. The third-order valence-electron chi connectivity index (χ3n) is 9.10. The van der Waals surface area contributed by atoms with Gasteiger partial charge in [-0.2, -0.15) is 0 Å². The normalized spacial score (nSPS) is 14.4. The molecule has 0 saturated heterocycles. The molecular weight excluding hydrogens is 609 g/mol. The highest BCUT2D eigenvalue weighted by Crippen LogP contribution is 2.37. The maximum absolute atomic E-state index is 14.3. The van der Waals surface area contributed by atoms with Crippen molar-refractivity contribution in [3.8, 4) is 11.3 Å². The molecule has 1 aliphatic heterocycles. The van der Waals surface area contributed by atoms with Crippen LogP contribution in [0.3, 0.4) is 0 Å². The van der Waals surface area contributed by atoms with Gasteiger partial charge in [-0.25, -0.2) is 0 Å². The summed E-state index contributed by atoms with van der Waals surface area (Å²) in [6, 6.07) is 18.1. The number of aromatic nitrogens is 4. The fourth-order valence-corrected chi connectivity index (χ4v) is 6.31. The zero-order valence-corrected chi connectivity index (χ0v) is 28.3. The molecule has 4 aromatic rings. The first kappa shape index (κ1) is 35.1. The first-order chi connectivity index (χ1) is 23.0. The van der Waals surface area contributed by atoms with Crippen LogP contribution in [0.5, 0.6) is 0 Å². The van der Waals surface area contributed by atoms with E-state index in [2.05, 4.69) is 34.6 Å². The Labute approximate surface area is 281 Å². The average molecular weight is 655 g/mol. The third-order valence-corrected chi connectivity index (χ3v) is 9.10. The van der Waals surface area contributed by atoms with Gasteiger partial charge in [-0.05, 0) is 99.8 Å². The number of nitrogens with zero attached hydrogens (tertiary/aromatic N) is 5. The van der Waals surface area contributed by atoms with Gasteiger partial charge in [0.1, 0.15) is 5.69 Å². The van der Waals surface area contributed by atoms with Crippen LogP contribution in [0.15, 0.2) is 83.1 Å². The number of allylic oxidation sites excluding steroid dienone is 2. The molecule has 8 nitrogen and oxygen atoms in total. The highest BCUT2D eigenvalue weighted by molar-refractivity contribution is 6.41. The lowest BCUT2D eigenvalue weighted by Crippen LogP contribution is -2.47. The van der Waals surface area contributed by atoms with E-state index in [9.17, 15) is 18.8 Å². The van der Waals surface area contributed by atoms with Crippen molar-refractivity contribution < 1.29 is 18.8 Å². The van der Waals surface area contributed by atoms with Gasteiger partial charge in [-0.1, -0.05) is 60.2 Å². The molecular formula is C37H45BF2N6O2. The number of aliphatic hydroxyl groups excluding tert-OH is 2. The maximum atomic E-state index is 14.3. The van der Waals surface area contributed by atoms with Crippen LogP contribution in [0, 0.1) is 13.8 Å². The van der Waals surface area contributed by atoms with Crippen LogP contribution >= 0.6 is 0 Å². The van der Waals surface area contributed by atoms with Crippen molar-refractivity contribution in [2.75, 3.05) is 13.2 Å². The van der Waals surface area contributed by atoms with Gasteiger partial charge in [0.15, 0.2) is 0 Å². The molecule has 0 atom stereocenters. The Kier molecular flexibility index (Phi) is 11.2. The maximum Gasteiger partial charge on any atom is 0.677 e. The van der Waals surface area contributed by atoms with E-state index in [0.717, 1.165) is 75.9 Å². The van der Waals surface area contributed by atoms with E-state index in [4.69, 9.17) is 10.7 Å². The molecule has 2 aromatic carbocycles. The van der Waals surface area contributed by atoms with Gasteiger partial charge in [0.2, 0.25) is 0 Å². The topological polar surface area (TPSA) is 114 Å². The van der Waals surface area contributed by atoms with E-state index in [1.54, 1.807) is 13.0 Å². The summed E-state index contributed by atoms with van der Waals surface area (Å²) in [6.45, 7) is 7.75.